The van der Waals surface area contributed by atoms with Crippen LogP contribution in [0.3, 0.4) is 0 Å². The fourth-order valence-corrected chi connectivity index (χ4v) is 1.53. The molecule has 0 aromatic heterocycles. The van der Waals surface area contributed by atoms with Gasteiger partial charge in [-0.05, 0) is 37.6 Å². The lowest BCUT2D eigenvalue weighted by Gasteiger charge is -2.07. The molecule has 2 N–H and O–H groups in total. The molecule has 0 amide bonds. The molecule has 18 heavy (non-hydrogen) atoms. The van der Waals surface area contributed by atoms with E-state index in [1.807, 2.05) is 6.07 Å². The summed E-state index contributed by atoms with van der Waals surface area (Å²) in [7, 11) is 0. The van der Waals surface area contributed by atoms with Crippen molar-refractivity contribution in [2.24, 2.45) is 0 Å². The van der Waals surface area contributed by atoms with Gasteiger partial charge in [-0.2, -0.15) is 0 Å². The Hall–Kier alpha value is -1.62. The van der Waals surface area contributed by atoms with Gasteiger partial charge in [0.2, 0.25) is 0 Å². The number of rotatable bonds is 8. The molecule has 0 heterocycles. The SMILES string of the molecule is CCOc1ccc(CCNCCC(=O)O)cc1F. The second-order valence-electron chi connectivity index (χ2n) is 3.84. The van der Waals surface area contributed by atoms with Crippen LogP contribution in [0.5, 0.6) is 5.75 Å². The van der Waals surface area contributed by atoms with E-state index >= 15 is 0 Å². The molecule has 0 fully saturated rings. The minimum absolute atomic E-state index is 0.0949. The molecule has 5 heteroatoms. The first-order valence-corrected chi connectivity index (χ1v) is 5.97. The Morgan fingerprint density at radius 2 is 2.22 bits per heavy atom. The van der Waals surface area contributed by atoms with Gasteiger partial charge in [0.1, 0.15) is 0 Å². The number of halogens is 1. The summed E-state index contributed by atoms with van der Waals surface area (Å²) in [5.74, 6) is -0.922. The van der Waals surface area contributed by atoms with Crippen LogP contribution in [-0.2, 0) is 11.2 Å². The number of carbonyl (C=O) groups is 1. The summed E-state index contributed by atoms with van der Waals surface area (Å²) in [6.45, 7) is 3.29. The first kappa shape index (κ1) is 14.4. The summed E-state index contributed by atoms with van der Waals surface area (Å²) in [6, 6.07) is 4.88. The monoisotopic (exact) mass is 255 g/mol. The molecule has 1 aromatic rings. The van der Waals surface area contributed by atoms with E-state index in [-0.39, 0.29) is 18.0 Å². The topological polar surface area (TPSA) is 58.6 Å². The zero-order chi connectivity index (χ0) is 13.4. The molecule has 0 saturated heterocycles. The Kier molecular flexibility index (Phi) is 6.14. The minimum atomic E-state index is -0.824. The maximum atomic E-state index is 13.5. The molecule has 1 aromatic carbocycles. The summed E-state index contributed by atoms with van der Waals surface area (Å²) < 4.78 is 18.6. The third-order valence-electron chi connectivity index (χ3n) is 2.40. The van der Waals surface area contributed by atoms with Gasteiger partial charge in [-0.3, -0.25) is 4.79 Å². The summed E-state index contributed by atoms with van der Waals surface area (Å²) in [6.07, 6.45) is 0.751. The average molecular weight is 255 g/mol. The summed E-state index contributed by atoms with van der Waals surface area (Å²) in [5, 5.41) is 11.4. The first-order chi connectivity index (χ1) is 8.63. The molecule has 0 saturated carbocycles. The van der Waals surface area contributed by atoms with Crippen LogP contribution in [0, 0.1) is 5.82 Å². The van der Waals surface area contributed by atoms with E-state index in [1.54, 1.807) is 13.0 Å². The number of hydrogen-bond donors (Lipinski definition) is 2. The highest BCUT2D eigenvalue weighted by Gasteiger charge is 2.04. The van der Waals surface area contributed by atoms with Crippen LogP contribution in [0.25, 0.3) is 0 Å². The zero-order valence-electron chi connectivity index (χ0n) is 10.4. The molecule has 4 nitrogen and oxygen atoms in total. The molecular formula is C13H18FNO3. The number of carboxylic acids is 1. The Bertz CT molecular complexity index is 396. The molecule has 0 aliphatic rings. The third kappa shape index (κ3) is 5.14. The van der Waals surface area contributed by atoms with Crippen molar-refractivity contribution in [2.45, 2.75) is 19.8 Å². The summed E-state index contributed by atoms with van der Waals surface area (Å²) in [5.41, 5.74) is 0.860. The molecule has 1 rings (SSSR count). The van der Waals surface area contributed by atoms with Gasteiger partial charge in [0.25, 0.3) is 0 Å². The van der Waals surface area contributed by atoms with Crippen molar-refractivity contribution >= 4 is 5.97 Å². The van der Waals surface area contributed by atoms with Crippen molar-refractivity contribution in [1.82, 2.24) is 5.32 Å². The standard InChI is InChI=1S/C13H18FNO3/c1-2-18-12-4-3-10(9-11(12)14)5-7-15-8-6-13(16)17/h3-4,9,15H,2,5-8H2,1H3,(H,16,17). The molecule has 0 aliphatic heterocycles. The lowest BCUT2D eigenvalue weighted by atomic mass is 10.1. The molecule has 0 radical (unpaired) electrons. The number of hydrogen-bond acceptors (Lipinski definition) is 3. The van der Waals surface area contributed by atoms with Gasteiger partial charge in [0.05, 0.1) is 13.0 Å². The van der Waals surface area contributed by atoms with Crippen molar-refractivity contribution in [3.8, 4) is 5.75 Å². The van der Waals surface area contributed by atoms with Gasteiger partial charge >= 0.3 is 5.97 Å². The van der Waals surface area contributed by atoms with E-state index in [9.17, 15) is 9.18 Å². The lowest BCUT2D eigenvalue weighted by Crippen LogP contribution is -2.20. The van der Waals surface area contributed by atoms with E-state index in [0.29, 0.717) is 26.1 Å². The Morgan fingerprint density at radius 3 is 2.83 bits per heavy atom. The largest absolute Gasteiger partial charge is 0.491 e. The maximum absolute atomic E-state index is 13.5. The van der Waals surface area contributed by atoms with Crippen molar-refractivity contribution in [2.75, 3.05) is 19.7 Å². The van der Waals surface area contributed by atoms with Gasteiger partial charge < -0.3 is 15.2 Å². The van der Waals surface area contributed by atoms with E-state index in [2.05, 4.69) is 5.32 Å². The molecule has 0 unspecified atom stereocenters. The van der Waals surface area contributed by atoms with Gasteiger partial charge in [-0.1, -0.05) is 6.07 Å². The van der Waals surface area contributed by atoms with Crippen molar-refractivity contribution < 1.29 is 19.0 Å². The van der Waals surface area contributed by atoms with Crippen LogP contribution < -0.4 is 10.1 Å². The average Bonchev–Trinajstić information content (AvgIpc) is 2.32. The van der Waals surface area contributed by atoms with E-state index in [1.165, 1.54) is 6.07 Å². The Morgan fingerprint density at radius 1 is 1.44 bits per heavy atom. The van der Waals surface area contributed by atoms with Crippen LogP contribution in [0.4, 0.5) is 4.39 Å². The highest BCUT2D eigenvalue weighted by Crippen LogP contribution is 2.18. The third-order valence-corrected chi connectivity index (χ3v) is 2.40. The molecule has 0 bridgehead atoms. The number of nitrogens with one attached hydrogen (secondary N) is 1. The predicted molar refractivity (Wildman–Crippen MR) is 66.4 cm³/mol. The van der Waals surface area contributed by atoms with Gasteiger partial charge in [0.15, 0.2) is 11.6 Å². The maximum Gasteiger partial charge on any atom is 0.304 e. The number of ether oxygens (including phenoxy) is 1. The zero-order valence-corrected chi connectivity index (χ0v) is 10.4. The molecular weight excluding hydrogens is 237 g/mol. The highest BCUT2D eigenvalue weighted by atomic mass is 19.1. The van der Waals surface area contributed by atoms with Crippen LogP contribution in [0.2, 0.25) is 0 Å². The van der Waals surface area contributed by atoms with Crippen LogP contribution in [-0.4, -0.2) is 30.8 Å². The van der Waals surface area contributed by atoms with Crippen LogP contribution in [0.1, 0.15) is 18.9 Å². The smallest absolute Gasteiger partial charge is 0.304 e. The summed E-state index contributed by atoms with van der Waals surface area (Å²) >= 11 is 0. The number of carboxylic acid groups (broad SMARTS) is 1. The van der Waals surface area contributed by atoms with Gasteiger partial charge in [0, 0.05) is 6.54 Å². The van der Waals surface area contributed by atoms with Crippen molar-refractivity contribution in [3.63, 3.8) is 0 Å². The summed E-state index contributed by atoms with van der Waals surface area (Å²) in [4.78, 5) is 10.3. The van der Waals surface area contributed by atoms with Crippen LogP contribution in [0.15, 0.2) is 18.2 Å². The predicted octanol–water partition coefficient (Wildman–Crippen LogP) is 1.83. The van der Waals surface area contributed by atoms with Crippen molar-refractivity contribution in [1.29, 1.82) is 0 Å². The molecule has 0 atom stereocenters. The first-order valence-electron chi connectivity index (χ1n) is 5.97. The fourth-order valence-electron chi connectivity index (χ4n) is 1.53. The van der Waals surface area contributed by atoms with Crippen molar-refractivity contribution in [3.05, 3.63) is 29.6 Å². The van der Waals surface area contributed by atoms with Gasteiger partial charge in [-0.25, -0.2) is 4.39 Å². The molecule has 0 aliphatic carbocycles. The Balaban J connectivity index is 2.34. The van der Waals surface area contributed by atoms with E-state index in [0.717, 1.165) is 5.56 Å². The van der Waals surface area contributed by atoms with E-state index in [4.69, 9.17) is 9.84 Å². The second-order valence-corrected chi connectivity index (χ2v) is 3.84. The lowest BCUT2D eigenvalue weighted by molar-refractivity contribution is -0.136. The number of aliphatic carboxylic acids is 1. The molecule has 100 valence electrons. The quantitative estimate of drug-likeness (QED) is 0.696. The van der Waals surface area contributed by atoms with E-state index < -0.39 is 5.97 Å². The molecule has 0 spiro atoms. The fraction of sp³-hybridized carbons (Fsp3) is 0.462. The van der Waals surface area contributed by atoms with Crippen LogP contribution >= 0.6 is 0 Å². The highest BCUT2D eigenvalue weighted by molar-refractivity contribution is 5.66. The normalized spacial score (nSPS) is 10.3. The minimum Gasteiger partial charge on any atom is -0.491 e. The second kappa shape index (κ2) is 7.66. The number of benzene rings is 1. The van der Waals surface area contributed by atoms with Gasteiger partial charge in [-0.15, -0.1) is 0 Å². The Labute approximate surface area is 106 Å².